The highest BCUT2D eigenvalue weighted by atomic mass is 16.5. The Morgan fingerprint density at radius 1 is 1.09 bits per heavy atom. The third-order valence-corrected chi connectivity index (χ3v) is 4.10. The summed E-state index contributed by atoms with van der Waals surface area (Å²) in [7, 11) is 3.01. The highest BCUT2D eigenvalue weighted by molar-refractivity contribution is 5.79. The van der Waals surface area contributed by atoms with Gasteiger partial charge < -0.3 is 19.3 Å². The van der Waals surface area contributed by atoms with Crippen LogP contribution in [0.5, 0.6) is 5.75 Å². The van der Waals surface area contributed by atoms with Gasteiger partial charge in [-0.2, -0.15) is 0 Å². The zero-order valence-corrected chi connectivity index (χ0v) is 14.0. The molecule has 0 aromatic heterocycles. The van der Waals surface area contributed by atoms with Crippen molar-refractivity contribution in [2.75, 3.05) is 40.4 Å². The number of hydrogen-bond donors (Lipinski definition) is 0. The summed E-state index contributed by atoms with van der Waals surface area (Å²) in [5.41, 5.74) is 1.99. The van der Waals surface area contributed by atoms with E-state index in [4.69, 9.17) is 9.47 Å². The molecule has 0 N–H and O–H groups in total. The molecule has 0 unspecified atom stereocenters. The van der Waals surface area contributed by atoms with Crippen molar-refractivity contribution >= 4 is 12.0 Å². The molecule has 126 valence electrons. The SMILES string of the molecule is COC(=O)N1CCCN(C(=O)Cc2ccc(OC)c(C)c2)CC1. The second-order valence-corrected chi connectivity index (χ2v) is 5.67. The molecule has 1 aliphatic heterocycles. The Balaban J connectivity index is 1.95. The third-order valence-electron chi connectivity index (χ3n) is 4.10. The van der Waals surface area contributed by atoms with Crippen LogP contribution in [0.25, 0.3) is 0 Å². The Morgan fingerprint density at radius 2 is 1.78 bits per heavy atom. The van der Waals surface area contributed by atoms with Gasteiger partial charge in [0, 0.05) is 26.2 Å². The van der Waals surface area contributed by atoms with E-state index in [-0.39, 0.29) is 12.0 Å². The lowest BCUT2D eigenvalue weighted by atomic mass is 10.1. The van der Waals surface area contributed by atoms with Crippen molar-refractivity contribution in [1.82, 2.24) is 9.80 Å². The van der Waals surface area contributed by atoms with E-state index in [1.165, 1.54) is 7.11 Å². The second-order valence-electron chi connectivity index (χ2n) is 5.67. The van der Waals surface area contributed by atoms with Gasteiger partial charge in [-0.1, -0.05) is 12.1 Å². The van der Waals surface area contributed by atoms with Gasteiger partial charge in [-0.25, -0.2) is 4.79 Å². The molecule has 1 fully saturated rings. The maximum atomic E-state index is 12.5. The molecule has 1 aromatic carbocycles. The standard InChI is InChI=1S/C17H24N2O4/c1-13-11-14(5-6-15(13)22-2)12-16(20)18-7-4-8-19(10-9-18)17(21)23-3/h5-6,11H,4,7-10,12H2,1-3H3. The summed E-state index contributed by atoms with van der Waals surface area (Å²) in [5, 5.41) is 0. The molecule has 6 nitrogen and oxygen atoms in total. The smallest absolute Gasteiger partial charge is 0.409 e. The topological polar surface area (TPSA) is 59.1 Å². The van der Waals surface area contributed by atoms with Crippen LogP contribution in [0.4, 0.5) is 4.79 Å². The van der Waals surface area contributed by atoms with Crippen LogP contribution in [0, 0.1) is 6.92 Å². The molecule has 2 rings (SSSR count). The first-order valence-corrected chi connectivity index (χ1v) is 7.79. The van der Waals surface area contributed by atoms with Crippen LogP contribution in [-0.2, 0) is 16.0 Å². The lowest BCUT2D eigenvalue weighted by Crippen LogP contribution is -2.37. The fourth-order valence-electron chi connectivity index (χ4n) is 2.82. The van der Waals surface area contributed by atoms with Crippen LogP contribution in [0.3, 0.4) is 0 Å². The molecule has 1 heterocycles. The van der Waals surface area contributed by atoms with Gasteiger partial charge in [-0.05, 0) is 30.5 Å². The van der Waals surface area contributed by atoms with E-state index in [0.717, 1.165) is 23.3 Å². The molecule has 6 heteroatoms. The zero-order chi connectivity index (χ0) is 16.8. The molecule has 0 aliphatic carbocycles. The third kappa shape index (κ3) is 4.37. The van der Waals surface area contributed by atoms with Crippen LogP contribution >= 0.6 is 0 Å². The quantitative estimate of drug-likeness (QED) is 0.853. The minimum atomic E-state index is -0.329. The van der Waals surface area contributed by atoms with Gasteiger partial charge >= 0.3 is 6.09 Å². The first-order valence-electron chi connectivity index (χ1n) is 7.79. The van der Waals surface area contributed by atoms with Crippen molar-refractivity contribution in [3.05, 3.63) is 29.3 Å². The van der Waals surface area contributed by atoms with E-state index in [9.17, 15) is 9.59 Å². The van der Waals surface area contributed by atoms with Crippen molar-refractivity contribution in [2.45, 2.75) is 19.8 Å². The van der Waals surface area contributed by atoms with Crippen LogP contribution in [0.15, 0.2) is 18.2 Å². The number of hydrogen-bond acceptors (Lipinski definition) is 4. The van der Waals surface area contributed by atoms with E-state index in [2.05, 4.69) is 0 Å². The van der Waals surface area contributed by atoms with Crippen molar-refractivity contribution in [2.24, 2.45) is 0 Å². The van der Waals surface area contributed by atoms with Crippen LogP contribution in [0.2, 0.25) is 0 Å². The van der Waals surface area contributed by atoms with Crippen LogP contribution in [0.1, 0.15) is 17.5 Å². The lowest BCUT2D eigenvalue weighted by molar-refractivity contribution is -0.130. The Labute approximate surface area is 137 Å². The average molecular weight is 320 g/mol. The number of carbonyl (C=O) groups is 2. The molecule has 0 spiro atoms. The summed E-state index contributed by atoms with van der Waals surface area (Å²) in [6, 6.07) is 5.79. The summed E-state index contributed by atoms with van der Waals surface area (Å²) in [4.78, 5) is 27.5. The Hall–Kier alpha value is -2.24. The van der Waals surface area contributed by atoms with Gasteiger partial charge in [0.2, 0.25) is 5.91 Å². The molecule has 1 saturated heterocycles. The summed E-state index contributed by atoms with van der Waals surface area (Å²) < 4.78 is 9.98. The largest absolute Gasteiger partial charge is 0.496 e. The Bertz CT molecular complexity index is 574. The van der Waals surface area contributed by atoms with Crippen molar-refractivity contribution < 1.29 is 19.1 Å². The Morgan fingerprint density at radius 3 is 2.43 bits per heavy atom. The molecular weight excluding hydrogens is 296 g/mol. The second kappa shape index (κ2) is 7.85. The number of aryl methyl sites for hydroxylation is 1. The summed E-state index contributed by atoms with van der Waals surface area (Å²) in [6.07, 6.45) is 0.802. The number of amides is 2. The van der Waals surface area contributed by atoms with Gasteiger partial charge in [0.25, 0.3) is 0 Å². The molecule has 23 heavy (non-hydrogen) atoms. The molecule has 2 amide bonds. The molecule has 0 saturated carbocycles. The van der Waals surface area contributed by atoms with Crippen molar-refractivity contribution in [1.29, 1.82) is 0 Å². The number of benzene rings is 1. The van der Waals surface area contributed by atoms with E-state index in [0.29, 0.717) is 32.6 Å². The van der Waals surface area contributed by atoms with Gasteiger partial charge in [-0.3, -0.25) is 4.79 Å². The zero-order valence-electron chi connectivity index (χ0n) is 14.0. The predicted octanol–water partition coefficient (Wildman–Crippen LogP) is 1.85. The fraction of sp³-hybridized carbons (Fsp3) is 0.529. The molecule has 0 atom stereocenters. The molecule has 1 aliphatic rings. The number of ether oxygens (including phenoxy) is 2. The molecular formula is C17H24N2O4. The number of methoxy groups -OCH3 is 2. The number of carbonyl (C=O) groups excluding carboxylic acids is 2. The Kier molecular flexibility index (Phi) is 5.84. The maximum Gasteiger partial charge on any atom is 0.409 e. The highest BCUT2D eigenvalue weighted by Gasteiger charge is 2.22. The van der Waals surface area contributed by atoms with Crippen LogP contribution in [-0.4, -0.2) is 62.2 Å². The van der Waals surface area contributed by atoms with Crippen molar-refractivity contribution in [3.8, 4) is 5.75 Å². The number of nitrogens with zero attached hydrogens (tertiary/aromatic N) is 2. The normalized spacial score (nSPS) is 15.1. The maximum absolute atomic E-state index is 12.5. The molecule has 0 bridgehead atoms. The van der Waals surface area contributed by atoms with Gasteiger partial charge in [0.1, 0.15) is 5.75 Å². The van der Waals surface area contributed by atoms with Gasteiger partial charge in [-0.15, -0.1) is 0 Å². The van der Waals surface area contributed by atoms with Gasteiger partial charge in [0.05, 0.1) is 20.6 Å². The average Bonchev–Trinajstić information content (AvgIpc) is 2.80. The molecule has 0 radical (unpaired) electrons. The summed E-state index contributed by atoms with van der Waals surface area (Å²) in [5.74, 6) is 0.908. The first kappa shape index (κ1) is 17.1. The summed E-state index contributed by atoms with van der Waals surface area (Å²) >= 11 is 0. The van der Waals surface area contributed by atoms with E-state index >= 15 is 0 Å². The fourth-order valence-corrected chi connectivity index (χ4v) is 2.82. The van der Waals surface area contributed by atoms with Crippen LogP contribution < -0.4 is 4.74 Å². The highest BCUT2D eigenvalue weighted by Crippen LogP contribution is 2.19. The molecule has 1 aromatic rings. The summed E-state index contributed by atoms with van der Waals surface area (Å²) in [6.45, 7) is 4.32. The van der Waals surface area contributed by atoms with E-state index in [1.807, 2.05) is 30.0 Å². The van der Waals surface area contributed by atoms with Gasteiger partial charge in [0.15, 0.2) is 0 Å². The lowest BCUT2D eigenvalue weighted by Gasteiger charge is -2.21. The minimum absolute atomic E-state index is 0.0845. The van der Waals surface area contributed by atoms with Crippen molar-refractivity contribution in [3.63, 3.8) is 0 Å². The van der Waals surface area contributed by atoms with E-state index < -0.39 is 0 Å². The monoisotopic (exact) mass is 320 g/mol. The minimum Gasteiger partial charge on any atom is -0.496 e. The first-order chi connectivity index (χ1) is 11.0. The predicted molar refractivity (Wildman–Crippen MR) is 86.6 cm³/mol. The number of rotatable bonds is 3. The van der Waals surface area contributed by atoms with E-state index in [1.54, 1.807) is 12.0 Å².